The summed E-state index contributed by atoms with van der Waals surface area (Å²) >= 11 is 18.6. The minimum atomic E-state index is -4.00. The average molecular weight is 625 g/mol. The summed E-state index contributed by atoms with van der Waals surface area (Å²) in [6.45, 7) is 3.78. The van der Waals surface area contributed by atoms with E-state index >= 15 is 0 Å². The zero-order chi connectivity index (χ0) is 29.4. The number of carbonyl (C=O) groups is 2. The van der Waals surface area contributed by atoms with Gasteiger partial charge in [-0.15, -0.1) is 0 Å². The highest BCUT2D eigenvalue weighted by molar-refractivity contribution is 7.92. The topological polar surface area (TPSA) is 86.8 Å². The Bertz CT molecular complexity index is 1450. The molecule has 0 aliphatic heterocycles. The normalized spacial score (nSPS) is 12.1. The summed E-state index contributed by atoms with van der Waals surface area (Å²) < 4.78 is 26.7. The van der Waals surface area contributed by atoms with Crippen molar-refractivity contribution < 1.29 is 18.0 Å². The second-order valence-electron chi connectivity index (χ2n) is 9.43. The number of hydrogen-bond donors (Lipinski definition) is 1. The molecule has 0 saturated heterocycles. The fourth-order valence-corrected chi connectivity index (χ4v) is 5.74. The Morgan fingerprint density at radius 1 is 0.925 bits per heavy atom. The van der Waals surface area contributed by atoms with Gasteiger partial charge in [-0.25, -0.2) is 8.42 Å². The Morgan fingerprint density at radius 3 is 2.17 bits per heavy atom. The van der Waals surface area contributed by atoms with Crippen molar-refractivity contribution >= 4 is 62.3 Å². The summed E-state index contributed by atoms with van der Waals surface area (Å²) in [4.78, 5) is 29.1. The number of nitrogens with zero attached hydrogens (tertiary/aromatic N) is 2. The van der Waals surface area contributed by atoms with Gasteiger partial charge in [0.1, 0.15) is 12.6 Å². The molecule has 214 valence electrons. The van der Waals surface area contributed by atoms with Gasteiger partial charge >= 0.3 is 0 Å². The van der Waals surface area contributed by atoms with E-state index in [1.54, 1.807) is 0 Å². The molecule has 0 spiro atoms. The fraction of sp³-hybridized carbons (Fsp3) is 0.310. The Balaban J connectivity index is 2.09. The number of carbonyl (C=O) groups excluding carboxylic acids is 2. The Kier molecular flexibility index (Phi) is 11.3. The second-order valence-corrected chi connectivity index (χ2v) is 12.6. The molecule has 1 unspecified atom stereocenters. The first-order valence-electron chi connectivity index (χ1n) is 12.7. The molecular weight excluding hydrogens is 593 g/mol. The molecule has 0 aliphatic rings. The third-order valence-electron chi connectivity index (χ3n) is 6.36. The van der Waals surface area contributed by atoms with Crippen LogP contribution in [-0.4, -0.2) is 50.5 Å². The van der Waals surface area contributed by atoms with Crippen LogP contribution in [0.15, 0.2) is 66.7 Å². The number of nitrogens with one attached hydrogen (secondary N) is 1. The van der Waals surface area contributed by atoms with Crippen LogP contribution in [0.5, 0.6) is 0 Å². The molecule has 1 atom stereocenters. The number of amides is 2. The molecule has 3 aromatic carbocycles. The molecule has 1 N–H and O–H groups in total. The lowest BCUT2D eigenvalue weighted by Crippen LogP contribution is -2.53. The van der Waals surface area contributed by atoms with Crippen LogP contribution < -0.4 is 9.62 Å². The maximum Gasteiger partial charge on any atom is 0.244 e. The number of halogens is 3. The van der Waals surface area contributed by atoms with Crippen LogP contribution in [0.25, 0.3) is 0 Å². The van der Waals surface area contributed by atoms with Gasteiger partial charge < -0.3 is 10.2 Å². The SMILES string of the molecule is CCCNC(=O)C(Cc1ccccc1)N(Cc1ccccc1C)C(=O)CN(c1cc(Cl)c(Cl)cc1Cl)S(C)(=O)=O. The first kappa shape index (κ1) is 31.7. The van der Waals surface area contributed by atoms with Crippen molar-refractivity contribution in [3.63, 3.8) is 0 Å². The molecule has 3 rings (SSSR count). The smallest absolute Gasteiger partial charge is 0.244 e. The Labute approximate surface area is 251 Å². The first-order chi connectivity index (χ1) is 18.9. The van der Waals surface area contributed by atoms with E-state index < -0.39 is 28.5 Å². The van der Waals surface area contributed by atoms with Crippen molar-refractivity contribution in [3.8, 4) is 0 Å². The standard InChI is InChI=1S/C29H32Cl3N3O4S/c1-4-14-33-29(37)27(15-21-11-6-5-7-12-21)34(18-22-13-9-8-10-20(22)2)28(36)19-35(40(3,38)39)26-17-24(31)23(30)16-25(26)32/h5-13,16-17,27H,4,14-15,18-19H2,1-3H3,(H,33,37). The van der Waals surface area contributed by atoms with Crippen LogP contribution in [0.2, 0.25) is 15.1 Å². The second kappa shape index (κ2) is 14.2. The van der Waals surface area contributed by atoms with E-state index in [2.05, 4.69) is 5.32 Å². The van der Waals surface area contributed by atoms with E-state index in [1.807, 2.05) is 68.4 Å². The Morgan fingerprint density at radius 2 is 1.55 bits per heavy atom. The molecule has 0 saturated carbocycles. The predicted molar refractivity (Wildman–Crippen MR) is 163 cm³/mol. The van der Waals surface area contributed by atoms with Gasteiger partial charge in [-0.1, -0.05) is 96.3 Å². The van der Waals surface area contributed by atoms with Crippen LogP contribution in [0.1, 0.15) is 30.0 Å². The Hall–Kier alpha value is -2.78. The third-order valence-corrected chi connectivity index (χ3v) is 8.51. The van der Waals surface area contributed by atoms with E-state index in [4.69, 9.17) is 34.8 Å². The van der Waals surface area contributed by atoms with Gasteiger partial charge in [-0.05, 0) is 42.2 Å². The van der Waals surface area contributed by atoms with Gasteiger partial charge in [-0.3, -0.25) is 13.9 Å². The summed E-state index contributed by atoms with van der Waals surface area (Å²) in [5.41, 5.74) is 2.63. The molecule has 7 nitrogen and oxygen atoms in total. The molecule has 0 aliphatic carbocycles. The zero-order valence-corrected chi connectivity index (χ0v) is 25.6. The maximum atomic E-state index is 14.1. The molecule has 0 radical (unpaired) electrons. The predicted octanol–water partition coefficient (Wildman–Crippen LogP) is 5.89. The van der Waals surface area contributed by atoms with E-state index in [-0.39, 0.29) is 39.6 Å². The number of aryl methyl sites for hydroxylation is 1. The van der Waals surface area contributed by atoms with Crippen LogP contribution >= 0.6 is 34.8 Å². The highest BCUT2D eigenvalue weighted by atomic mass is 35.5. The molecular formula is C29H32Cl3N3O4S. The minimum absolute atomic E-state index is 0.0119. The lowest BCUT2D eigenvalue weighted by Gasteiger charge is -2.34. The van der Waals surface area contributed by atoms with Crippen molar-refractivity contribution in [2.75, 3.05) is 23.7 Å². The van der Waals surface area contributed by atoms with Crippen molar-refractivity contribution in [2.24, 2.45) is 0 Å². The van der Waals surface area contributed by atoms with E-state index in [1.165, 1.54) is 17.0 Å². The van der Waals surface area contributed by atoms with Gasteiger partial charge in [0.2, 0.25) is 21.8 Å². The molecule has 0 fully saturated rings. The van der Waals surface area contributed by atoms with Gasteiger partial charge in [0.25, 0.3) is 0 Å². The molecule has 40 heavy (non-hydrogen) atoms. The maximum absolute atomic E-state index is 14.1. The van der Waals surface area contributed by atoms with Crippen LogP contribution in [0.3, 0.4) is 0 Å². The summed E-state index contributed by atoms with van der Waals surface area (Å²) in [7, 11) is -4.00. The van der Waals surface area contributed by atoms with Crippen LogP contribution in [0.4, 0.5) is 5.69 Å². The summed E-state index contributed by atoms with van der Waals surface area (Å²) in [5, 5.41) is 3.15. The summed E-state index contributed by atoms with van der Waals surface area (Å²) in [6.07, 6.45) is 1.92. The summed E-state index contributed by atoms with van der Waals surface area (Å²) in [6, 6.07) is 18.6. The van der Waals surface area contributed by atoms with E-state index in [9.17, 15) is 18.0 Å². The van der Waals surface area contributed by atoms with Crippen LogP contribution in [-0.2, 0) is 32.6 Å². The summed E-state index contributed by atoms with van der Waals surface area (Å²) in [5.74, 6) is -0.908. The van der Waals surface area contributed by atoms with E-state index in [0.29, 0.717) is 13.0 Å². The largest absolute Gasteiger partial charge is 0.354 e. The molecule has 0 heterocycles. The zero-order valence-electron chi connectivity index (χ0n) is 22.5. The third kappa shape index (κ3) is 8.36. The highest BCUT2D eigenvalue weighted by Gasteiger charge is 2.33. The van der Waals surface area contributed by atoms with Crippen molar-refractivity contribution in [1.82, 2.24) is 10.2 Å². The van der Waals surface area contributed by atoms with Crippen molar-refractivity contribution in [3.05, 3.63) is 98.5 Å². The quantitative estimate of drug-likeness (QED) is 0.255. The van der Waals surface area contributed by atoms with Crippen LogP contribution in [0, 0.1) is 6.92 Å². The monoisotopic (exact) mass is 623 g/mol. The molecule has 2 amide bonds. The molecule has 11 heteroatoms. The molecule has 0 aromatic heterocycles. The molecule has 3 aromatic rings. The van der Waals surface area contributed by atoms with Gasteiger partial charge in [0, 0.05) is 19.5 Å². The van der Waals surface area contributed by atoms with Crippen molar-refractivity contribution in [1.29, 1.82) is 0 Å². The highest BCUT2D eigenvalue weighted by Crippen LogP contribution is 2.35. The first-order valence-corrected chi connectivity index (χ1v) is 15.7. The number of hydrogen-bond acceptors (Lipinski definition) is 4. The van der Waals surface area contributed by atoms with Crippen molar-refractivity contribution in [2.45, 2.75) is 39.3 Å². The lowest BCUT2D eigenvalue weighted by molar-refractivity contribution is -0.140. The fourth-order valence-electron chi connectivity index (χ4n) is 4.19. The molecule has 0 bridgehead atoms. The van der Waals surface area contributed by atoms with Gasteiger partial charge in [-0.2, -0.15) is 0 Å². The lowest BCUT2D eigenvalue weighted by atomic mass is 10.0. The van der Waals surface area contributed by atoms with Gasteiger partial charge in [0.05, 0.1) is 27.0 Å². The number of benzene rings is 3. The minimum Gasteiger partial charge on any atom is -0.354 e. The van der Waals surface area contributed by atoms with E-state index in [0.717, 1.165) is 27.3 Å². The average Bonchev–Trinajstić information content (AvgIpc) is 2.91. The van der Waals surface area contributed by atoms with Gasteiger partial charge in [0.15, 0.2) is 0 Å². The number of rotatable bonds is 12. The number of anilines is 1. The number of sulfonamides is 1.